The van der Waals surface area contributed by atoms with Gasteiger partial charge in [0.1, 0.15) is 5.75 Å². The van der Waals surface area contributed by atoms with E-state index in [-0.39, 0.29) is 12.4 Å². The Bertz CT molecular complexity index is 565. The molecule has 5 heteroatoms. The second-order valence-corrected chi connectivity index (χ2v) is 4.38. The van der Waals surface area contributed by atoms with Crippen LogP contribution in [0.2, 0.25) is 0 Å². The number of benzene rings is 2. The lowest BCUT2D eigenvalue weighted by Crippen LogP contribution is -2.20. The molecule has 0 saturated carbocycles. The molecule has 0 saturated heterocycles. The largest absolute Gasteiger partial charge is 0.508 e. The van der Waals surface area contributed by atoms with Crippen LogP contribution in [-0.2, 0) is 0 Å². The number of azo groups is 1. The number of aliphatic hydroxyl groups excluding tert-OH is 1. The molecule has 2 rings (SSSR count). The molecule has 2 N–H and O–H groups in total. The van der Waals surface area contributed by atoms with E-state index in [1.54, 1.807) is 24.3 Å². The third kappa shape index (κ3) is 3.80. The van der Waals surface area contributed by atoms with Crippen LogP contribution in [0, 0.1) is 0 Å². The second kappa shape index (κ2) is 6.68. The predicted molar refractivity (Wildman–Crippen MR) is 79.1 cm³/mol. The van der Waals surface area contributed by atoms with Crippen LogP contribution < -0.4 is 4.90 Å². The number of phenols is 1. The van der Waals surface area contributed by atoms with Crippen LogP contribution in [0.5, 0.6) is 5.75 Å². The minimum Gasteiger partial charge on any atom is -0.508 e. The molecule has 0 aliphatic carbocycles. The Hall–Kier alpha value is -2.40. The van der Waals surface area contributed by atoms with Crippen molar-refractivity contribution in [2.45, 2.75) is 0 Å². The Labute approximate surface area is 117 Å². The number of hydrogen-bond acceptors (Lipinski definition) is 5. The lowest BCUT2D eigenvalue weighted by Gasteiger charge is -2.17. The van der Waals surface area contributed by atoms with Crippen LogP contribution in [0.3, 0.4) is 0 Å². The Morgan fingerprint density at radius 1 is 0.900 bits per heavy atom. The predicted octanol–water partition coefficient (Wildman–Crippen LogP) is 3.24. The Kier molecular flexibility index (Phi) is 4.68. The highest BCUT2D eigenvalue weighted by Gasteiger charge is 1.99. The topological polar surface area (TPSA) is 68.4 Å². The third-order valence-corrected chi connectivity index (χ3v) is 2.86. The highest BCUT2D eigenvalue weighted by molar-refractivity contribution is 5.52. The van der Waals surface area contributed by atoms with E-state index in [0.717, 1.165) is 11.4 Å². The fourth-order valence-electron chi connectivity index (χ4n) is 1.69. The molecule has 20 heavy (non-hydrogen) atoms. The standard InChI is InChI=1S/C15H17N3O2/c1-18(10-11-19)14-6-2-12(3-7-14)16-17-13-4-8-15(20)9-5-13/h2-9,19-20H,10-11H2,1H3. The van der Waals surface area contributed by atoms with Gasteiger partial charge in [-0.3, -0.25) is 0 Å². The molecule has 0 aliphatic heterocycles. The minimum atomic E-state index is 0.124. The summed E-state index contributed by atoms with van der Waals surface area (Å²) in [5.41, 5.74) is 2.45. The van der Waals surface area contributed by atoms with E-state index < -0.39 is 0 Å². The van der Waals surface area contributed by atoms with E-state index in [0.29, 0.717) is 12.2 Å². The third-order valence-electron chi connectivity index (χ3n) is 2.86. The number of aromatic hydroxyl groups is 1. The molecule has 0 radical (unpaired) electrons. The van der Waals surface area contributed by atoms with Crippen molar-refractivity contribution < 1.29 is 10.2 Å². The van der Waals surface area contributed by atoms with Crippen molar-refractivity contribution in [1.29, 1.82) is 0 Å². The maximum atomic E-state index is 9.17. The van der Waals surface area contributed by atoms with Gasteiger partial charge in [0, 0.05) is 19.3 Å². The summed E-state index contributed by atoms with van der Waals surface area (Å²) in [5.74, 6) is 0.209. The number of anilines is 1. The lowest BCUT2D eigenvalue weighted by molar-refractivity contribution is 0.304. The highest BCUT2D eigenvalue weighted by Crippen LogP contribution is 2.22. The van der Waals surface area contributed by atoms with Gasteiger partial charge >= 0.3 is 0 Å². The number of likely N-dealkylation sites (N-methyl/N-ethyl adjacent to an activating group) is 1. The van der Waals surface area contributed by atoms with Crippen LogP contribution >= 0.6 is 0 Å². The summed E-state index contributed by atoms with van der Waals surface area (Å²) >= 11 is 0. The molecule has 104 valence electrons. The molecular weight excluding hydrogens is 254 g/mol. The fourth-order valence-corrected chi connectivity index (χ4v) is 1.69. The van der Waals surface area contributed by atoms with E-state index in [4.69, 9.17) is 5.11 Å². The summed E-state index contributed by atoms with van der Waals surface area (Å²) in [4.78, 5) is 1.96. The van der Waals surface area contributed by atoms with Crippen molar-refractivity contribution in [2.75, 3.05) is 25.1 Å². The van der Waals surface area contributed by atoms with Crippen LogP contribution in [0.15, 0.2) is 58.8 Å². The highest BCUT2D eigenvalue weighted by atomic mass is 16.3. The molecule has 0 spiro atoms. The smallest absolute Gasteiger partial charge is 0.115 e. The molecule has 0 atom stereocenters. The molecule has 0 heterocycles. The second-order valence-electron chi connectivity index (χ2n) is 4.38. The monoisotopic (exact) mass is 271 g/mol. The molecule has 0 aliphatic rings. The first-order valence-electron chi connectivity index (χ1n) is 6.32. The number of nitrogens with zero attached hydrogens (tertiary/aromatic N) is 3. The number of hydrogen-bond donors (Lipinski definition) is 2. The van der Waals surface area contributed by atoms with Gasteiger partial charge in [0.15, 0.2) is 0 Å². The van der Waals surface area contributed by atoms with E-state index in [1.165, 1.54) is 0 Å². The Morgan fingerprint density at radius 2 is 1.40 bits per heavy atom. The zero-order chi connectivity index (χ0) is 14.4. The minimum absolute atomic E-state index is 0.124. The maximum absolute atomic E-state index is 9.17. The molecule has 2 aromatic rings. The van der Waals surface area contributed by atoms with Crippen molar-refractivity contribution in [2.24, 2.45) is 10.2 Å². The quantitative estimate of drug-likeness (QED) is 0.820. The SMILES string of the molecule is CN(CCO)c1ccc(N=Nc2ccc(O)cc2)cc1. The van der Waals surface area contributed by atoms with Gasteiger partial charge in [-0.05, 0) is 48.5 Å². The van der Waals surface area contributed by atoms with Crippen LogP contribution in [-0.4, -0.2) is 30.4 Å². The first-order valence-corrected chi connectivity index (χ1v) is 6.32. The van der Waals surface area contributed by atoms with Crippen molar-refractivity contribution in [3.05, 3.63) is 48.5 Å². The summed E-state index contributed by atoms with van der Waals surface area (Å²) in [7, 11) is 1.92. The van der Waals surface area contributed by atoms with Crippen molar-refractivity contribution in [3.8, 4) is 5.75 Å². The van der Waals surface area contributed by atoms with E-state index in [1.807, 2.05) is 36.2 Å². The van der Waals surface area contributed by atoms with Gasteiger partial charge in [-0.1, -0.05) is 0 Å². The van der Waals surface area contributed by atoms with E-state index in [9.17, 15) is 5.11 Å². The summed E-state index contributed by atoms with van der Waals surface area (Å²) < 4.78 is 0. The molecule has 2 aromatic carbocycles. The van der Waals surface area contributed by atoms with Gasteiger partial charge < -0.3 is 15.1 Å². The van der Waals surface area contributed by atoms with Gasteiger partial charge in [-0.2, -0.15) is 10.2 Å². The molecule has 0 bridgehead atoms. The number of phenolic OH excluding ortho intramolecular Hbond substituents is 1. The molecule has 5 nitrogen and oxygen atoms in total. The lowest BCUT2D eigenvalue weighted by atomic mass is 10.2. The van der Waals surface area contributed by atoms with Gasteiger partial charge in [-0.25, -0.2) is 0 Å². The van der Waals surface area contributed by atoms with E-state index in [2.05, 4.69) is 10.2 Å². The van der Waals surface area contributed by atoms with Crippen LogP contribution in [0.4, 0.5) is 17.1 Å². The first kappa shape index (κ1) is 14.0. The zero-order valence-electron chi connectivity index (χ0n) is 11.3. The van der Waals surface area contributed by atoms with Gasteiger partial charge in [0.25, 0.3) is 0 Å². The number of rotatable bonds is 5. The van der Waals surface area contributed by atoms with Gasteiger partial charge in [-0.15, -0.1) is 0 Å². The van der Waals surface area contributed by atoms with Crippen molar-refractivity contribution in [1.82, 2.24) is 0 Å². The normalized spacial score (nSPS) is 10.9. The Morgan fingerprint density at radius 3 is 1.90 bits per heavy atom. The molecule has 0 fully saturated rings. The van der Waals surface area contributed by atoms with Crippen LogP contribution in [0.25, 0.3) is 0 Å². The molecular formula is C15H17N3O2. The molecule has 0 amide bonds. The van der Waals surface area contributed by atoms with Crippen molar-refractivity contribution >= 4 is 17.1 Å². The first-order chi connectivity index (χ1) is 9.69. The van der Waals surface area contributed by atoms with E-state index >= 15 is 0 Å². The summed E-state index contributed by atoms with van der Waals surface area (Å²) in [6, 6.07) is 14.1. The zero-order valence-corrected chi connectivity index (χ0v) is 11.3. The molecule has 0 unspecified atom stereocenters. The summed E-state index contributed by atoms with van der Waals surface area (Å²) in [6.45, 7) is 0.715. The van der Waals surface area contributed by atoms with Crippen molar-refractivity contribution in [3.63, 3.8) is 0 Å². The van der Waals surface area contributed by atoms with Crippen LogP contribution in [0.1, 0.15) is 0 Å². The maximum Gasteiger partial charge on any atom is 0.115 e. The molecule has 0 aromatic heterocycles. The average Bonchev–Trinajstić information content (AvgIpc) is 2.47. The van der Waals surface area contributed by atoms with Gasteiger partial charge in [0.2, 0.25) is 0 Å². The fraction of sp³-hybridized carbons (Fsp3) is 0.200. The average molecular weight is 271 g/mol. The Balaban J connectivity index is 2.05. The summed E-state index contributed by atoms with van der Waals surface area (Å²) in [5, 5.41) is 26.3. The number of aliphatic hydroxyl groups is 1. The van der Waals surface area contributed by atoms with Gasteiger partial charge in [0.05, 0.1) is 18.0 Å². The summed E-state index contributed by atoms with van der Waals surface area (Å²) in [6.07, 6.45) is 0.